The highest BCUT2D eigenvalue weighted by Crippen LogP contribution is 2.26. The maximum absolute atomic E-state index is 5.97. The molecule has 1 atom stereocenters. The summed E-state index contributed by atoms with van der Waals surface area (Å²) < 4.78 is 0.964. The summed E-state index contributed by atoms with van der Waals surface area (Å²) in [4.78, 5) is 2.48. The molecule has 0 aromatic heterocycles. The van der Waals surface area contributed by atoms with Crippen molar-refractivity contribution in [2.75, 3.05) is 13.6 Å². The van der Waals surface area contributed by atoms with E-state index in [0.717, 1.165) is 28.6 Å². The molecule has 1 aliphatic rings. The van der Waals surface area contributed by atoms with Crippen molar-refractivity contribution in [3.8, 4) is 0 Å². The van der Waals surface area contributed by atoms with Crippen molar-refractivity contribution in [1.29, 1.82) is 0 Å². The van der Waals surface area contributed by atoms with Crippen molar-refractivity contribution in [3.63, 3.8) is 0 Å². The number of rotatable bonds is 6. The summed E-state index contributed by atoms with van der Waals surface area (Å²) in [6.45, 7) is 4.19. The molecule has 1 aromatic rings. The predicted octanol–water partition coefficient (Wildman–Crippen LogP) is 3.67. The lowest BCUT2D eigenvalue weighted by Gasteiger charge is -2.24. The Labute approximate surface area is 123 Å². The first kappa shape index (κ1) is 14.3. The zero-order valence-corrected chi connectivity index (χ0v) is 13.3. The monoisotopic (exact) mass is 330 g/mol. The van der Waals surface area contributed by atoms with Gasteiger partial charge in [-0.05, 0) is 60.4 Å². The Morgan fingerprint density at radius 1 is 1.50 bits per heavy atom. The van der Waals surface area contributed by atoms with Crippen LogP contribution < -0.4 is 5.32 Å². The zero-order valence-electron chi connectivity index (χ0n) is 10.9. The number of halogens is 2. The molecule has 1 unspecified atom stereocenters. The van der Waals surface area contributed by atoms with Gasteiger partial charge in [-0.2, -0.15) is 0 Å². The molecule has 1 N–H and O–H groups in total. The van der Waals surface area contributed by atoms with Crippen LogP contribution in [0.2, 0.25) is 5.02 Å². The van der Waals surface area contributed by atoms with Crippen molar-refractivity contribution < 1.29 is 0 Å². The highest BCUT2D eigenvalue weighted by atomic mass is 79.9. The summed E-state index contributed by atoms with van der Waals surface area (Å²) in [5.41, 5.74) is 1.26. The average Bonchev–Trinajstić information content (AvgIpc) is 3.16. The minimum atomic E-state index is 0.591. The van der Waals surface area contributed by atoms with Crippen LogP contribution >= 0.6 is 27.5 Å². The van der Waals surface area contributed by atoms with E-state index in [1.807, 2.05) is 6.07 Å². The summed E-state index contributed by atoms with van der Waals surface area (Å²) >= 11 is 9.42. The van der Waals surface area contributed by atoms with E-state index >= 15 is 0 Å². The quantitative estimate of drug-likeness (QED) is 0.855. The standard InChI is InChI=1S/C14H20BrClN2/c1-10(18(2)12-4-5-12)8-17-9-11-3-6-14(16)13(15)7-11/h3,6-7,10,12,17H,4-5,8-9H2,1-2H3. The Balaban J connectivity index is 1.75. The lowest BCUT2D eigenvalue weighted by Crippen LogP contribution is -2.38. The molecule has 0 amide bonds. The van der Waals surface area contributed by atoms with Gasteiger partial charge in [0.1, 0.15) is 0 Å². The van der Waals surface area contributed by atoms with Crippen LogP contribution in [0.4, 0.5) is 0 Å². The van der Waals surface area contributed by atoms with Crippen LogP contribution in [-0.4, -0.2) is 30.6 Å². The van der Waals surface area contributed by atoms with Gasteiger partial charge < -0.3 is 5.32 Å². The Bertz CT molecular complexity index is 407. The van der Waals surface area contributed by atoms with E-state index in [0.29, 0.717) is 6.04 Å². The summed E-state index contributed by atoms with van der Waals surface area (Å²) in [7, 11) is 2.23. The first-order valence-electron chi connectivity index (χ1n) is 6.44. The van der Waals surface area contributed by atoms with Gasteiger partial charge in [0.05, 0.1) is 5.02 Å². The Morgan fingerprint density at radius 3 is 2.83 bits per heavy atom. The lowest BCUT2D eigenvalue weighted by atomic mass is 10.2. The van der Waals surface area contributed by atoms with Crippen LogP contribution in [0, 0.1) is 0 Å². The number of hydrogen-bond acceptors (Lipinski definition) is 2. The van der Waals surface area contributed by atoms with E-state index in [2.05, 4.69) is 52.3 Å². The van der Waals surface area contributed by atoms with Gasteiger partial charge in [-0.15, -0.1) is 0 Å². The second kappa shape index (κ2) is 6.38. The van der Waals surface area contributed by atoms with Crippen LogP contribution in [-0.2, 0) is 6.54 Å². The fraction of sp³-hybridized carbons (Fsp3) is 0.571. The van der Waals surface area contributed by atoms with Crippen LogP contribution in [0.5, 0.6) is 0 Å². The SMILES string of the molecule is CC(CNCc1ccc(Cl)c(Br)c1)N(C)C1CC1. The van der Waals surface area contributed by atoms with E-state index in [-0.39, 0.29) is 0 Å². The van der Waals surface area contributed by atoms with E-state index in [4.69, 9.17) is 11.6 Å². The van der Waals surface area contributed by atoms with Crippen molar-refractivity contribution in [2.45, 2.75) is 38.4 Å². The number of hydrogen-bond donors (Lipinski definition) is 1. The minimum absolute atomic E-state index is 0.591. The van der Waals surface area contributed by atoms with Crippen molar-refractivity contribution in [2.24, 2.45) is 0 Å². The molecule has 0 spiro atoms. The van der Waals surface area contributed by atoms with Crippen molar-refractivity contribution >= 4 is 27.5 Å². The van der Waals surface area contributed by atoms with E-state index in [1.165, 1.54) is 18.4 Å². The van der Waals surface area contributed by atoms with Crippen LogP contribution in [0.3, 0.4) is 0 Å². The maximum Gasteiger partial charge on any atom is 0.0548 e. The highest BCUT2D eigenvalue weighted by molar-refractivity contribution is 9.10. The zero-order chi connectivity index (χ0) is 13.1. The normalized spacial score (nSPS) is 17.2. The molecule has 4 heteroatoms. The number of benzene rings is 1. The first-order chi connectivity index (χ1) is 8.58. The molecule has 0 aliphatic heterocycles. The van der Waals surface area contributed by atoms with Gasteiger partial charge in [0.25, 0.3) is 0 Å². The third kappa shape index (κ3) is 3.95. The van der Waals surface area contributed by atoms with E-state index in [9.17, 15) is 0 Å². The average molecular weight is 332 g/mol. The van der Waals surface area contributed by atoms with Gasteiger partial charge in [0, 0.05) is 29.6 Å². The molecule has 0 heterocycles. The largest absolute Gasteiger partial charge is 0.311 e. The fourth-order valence-corrected chi connectivity index (χ4v) is 2.60. The number of nitrogens with one attached hydrogen (secondary N) is 1. The molecule has 1 aromatic carbocycles. The minimum Gasteiger partial charge on any atom is -0.311 e. The van der Waals surface area contributed by atoms with Gasteiger partial charge >= 0.3 is 0 Å². The molecule has 0 radical (unpaired) electrons. The fourth-order valence-electron chi connectivity index (χ4n) is 2.06. The van der Waals surface area contributed by atoms with Gasteiger partial charge in [-0.1, -0.05) is 17.7 Å². The summed E-state index contributed by atoms with van der Waals surface area (Å²) in [6.07, 6.45) is 2.73. The molecule has 2 nitrogen and oxygen atoms in total. The number of nitrogens with zero attached hydrogens (tertiary/aromatic N) is 1. The second-order valence-electron chi connectivity index (χ2n) is 5.13. The third-order valence-electron chi connectivity index (χ3n) is 3.57. The summed E-state index contributed by atoms with van der Waals surface area (Å²) in [5.74, 6) is 0. The van der Waals surface area contributed by atoms with Crippen molar-refractivity contribution in [3.05, 3.63) is 33.3 Å². The second-order valence-corrected chi connectivity index (χ2v) is 6.39. The Hall–Kier alpha value is -0.0900. The smallest absolute Gasteiger partial charge is 0.0548 e. The molecular formula is C14H20BrClN2. The molecular weight excluding hydrogens is 312 g/mol. The van der Waals surface area contributed by atoms with Crippen molar-refractivity contribution in [1.82, 2.24) is 10.2 Å². The van der Waals surface area contributed by atoms with Crippen LogP contribution in [0.25, 0.3) is 0 Å². The van der Waals surface area contributed by atoms with E-state index in [1.54, 1.807) is 0 Å². The highest BCUT2D eigenvalue weighted by Gasteiger charge is 2.28. The Morgan fingerprint density at radius 2 is 2.22 bits per heavy atom. The van der Waals surface area contributed by atoms with Gasteiger partial charge in [-0.3, -0.25) is 4.90 Å². The number of likely N-dealkylation sites (N-methyl/N-ethyl adjacent to an activating group) is 1. The molecule has 1 fully saturated rings. The van der Waals surface area contributed by atoms with Gasteiger partial charge in [0.2, 0.25) is 0 Å². The van der Waals surface area contributed by atoms with Gasteiger partial charge in [-0.25, -0.2) is 0 Å². The molecule has 1 aliphatic carbocycles. The topological polar surface area (TPSA) is 15.3 Å². The van der Waals surface area contributed by atoms with Gasteiger partial charge in [0.15, 0.2) is 0 Å². The molecule has 0 saturated heterocycles. The predicted molar refractivity (Wildman–Crippen MR) is 81.1 cm³/mol. The maximum atomic E-state index is 5.97. The first-order valence-corrected chi connectivity index (χ1v) is 7.61. The molecule has 1 saturated carbocycles. The summed E-state index contributed by atoms with van der Waals surface area (Å²) in [5, 5.41) is 4.27. The van der Waals surface area contributed by atoms with Crippen LogP contribution in [0.15, 0.2) is 22.7 Å². The molecule has 18 heavy (non-hydrogen) atoms. The molecule has 100 valence electrons. The molecule has 0 bridgehead atoms. The van der Waals surface area contributed by atoms with E-state index < -0.39 is 0 Å². The third-order valence-corrected chi connectivity index (χ3v) is 4.78. The van der Waals surface area contributed by atoms with Crippen LogP contribution in [0.1, 0.15) is 25.3 Å². The molecule has 2 rings (SSSR count). The lowest BCUT2D eigenvalue weighted by molar-refractivity contribution is 0.241. The Kier molecular flexibility index (Phi) is 5.07. The summed E-state index contributed by atoms with van der Waals surface area (Å²) in [6, 6.07) is 7.49.